The van der Waals surface area contributed by atoms with Crippen molar-refractivity contribution in [2.24, 2.45) is 5.92 Å². The summed E-state index contributed by atoms with van der Waals surface area (Å²) in [6.45, 7) is 1.54. The van der Waals surface area contributed by atoms with Gasteiger partial charge in [0.2, 0.25) is 5.89 Å². The average Bonchev–Trinajstić information content (AvgIpc) is 3.47. The summed E-state index contributed by atoms with van der Waals surface area (Å²) < 4.78 is 5.35. The van der Waals surface area contributed by atoms with Gasteiger partial charge in [-0.2, -0.15) is 4.98 Å². The molecule has 6 heteroatoms. The minimum Gasteiger partial charge on any atom is -0.339 e. The molecule has 1 amide bonds. The van der Waals surface area contributed by atoms with Crippen molar-refractivity contribution in [2.45, 2.75) is 38.0 Å². The number of carbonyl (C=O) groups excluding carboxylic acids is 1. The number of benzene rings is 1. The van der Waals surface area contributed by atoms with Gasteiger partial charge < -0.3 is 9.42 Å². The first-order valence-corrected chi connectivity index (χ1v) is 9.73. The second-order valence-electron chi connectivity index (χ2n) is 7.68. The molecule has 3 aromatic rings. The molecule has 0 N–H and O–H groups in total. The van der Waals surface area contributed by atoms with E-state index in [4.69, 9.17) is 4.52 Å². The second kappa shape index (κ2) is 6.76. The maximum atomic E-state index is 12.8. The molecule has 0 bridgehead atoms. The van der Waals surface area contributed by atoms with E-state index in [-0.39, 0.29) is 5.91 Å². The first-order valence-electron chi connectivity index (χ1n) is 9.73. The van der Waals surface area contributed by atoms with Crippen LogP contribution in [0.15, 0.2) is 41.1 Å². The highest BCUT2D eigenvalue weighted by atomic mass is 16.5. The standard InChI is InChI=1S/C21H22N4O2/c26-21(17-12-16-3-1-2-4-18(16)22-13-17)25-9-7-14(8-10-25)11-19-23-20(27-24-19)15-5-6-15/h1-4,12-15H,5-11H2. The van der Waals surface area contributed by atoms with Gasteiger partial charge in [-0.05, 0) is 43.7 Å². The summed E-state index contributed by atoms with van der Waals surface area (Å²) in [4.78, 5) is 23.7. The molecule has 2 aromatic heterocycles. The van der Waals surface area contributed by atoms with E-state index in [0.717, 1.165) is 55.0 Å². The van der Waals surface area contributed by atoms with Crippen molar-refractivity contribution in [3.63, 3.8) is 0 Å². The first kappa shape index (κ1) is 16.4. The number of likely N-dealkylation sites (tertiary alicyclic amines) is 1. The van der Waals surface area contributed by atoms with Gasteiger partial charge >= 0.3 is 0 Å². The van der Waals surface area contributed by atoms with E-state index in [2.05, 4.69) is 15.1 Å². The highest BCUT2D eigenvalue weighted by Crippen LogP contribution is 2.39. The molecule has 5 rings (SSSR count). The van der Waals surface area contributed by atoms with Gasteiger partial charge in [0.25, 0.3) is 5.91 Å². The number of piperidine rings is 1. The number of amides is 1. The van der Waals surface area contributed by atoms with Gasteiger partial charge in [-0.1, -0.05) is 23.4 Å². The van der Waals surface area contributed by atoms with Crippen LogP contribution in [-0.4, -0.2) is 39.0 Å². The molecule has 2 fully saturated rings. The van der Waals surface area contributed by atoms with E-state index < -0.39 is 0 Å². The molecule has 138 valence electrons. The third kappa shape index (κ3) is 3.44. The van der Waals surface area contributed by atoms with E-state index in [1.165, 1.54) is 12.8 Å². The first-order chi connectivity index (χ1) is 13.3. The molecule has 1 aliphatic carbocycles. The fraction of sp³-hybridized carbons (Fsp3) is 0.429. The van der Waals surface area contributed by atoms with Gasteiger partial charge in [0.1, 0.15) is 0 Å². The summed E-state index contributed by atoms with van der Waals surface area (Å²) in [6.07, 6.45) is 6.82. The molecule has 1 saturated carbocycles. The van der Waals surface area contributed by atoms with Crippen LogP contribution >= 0.6 is 0 Å². The molecular formula is C21H22N4O2. The summed E-state index contributed by atoms with van der Waals surface area (Å²) in [5.41, 5.74) is 1.58. The molecule has 1 aliphatic heterocycles. The molecule has 1 saturated heterocycles. The Kier molecular flexibility index (Phi) is 4.11. The summed E-state index contributed by atoms with van der Waals surface area (Å²) in [6, 6.07) is 9.82. The third-order valence-electron chi connectivity index (χ3n) is 5.62. The fourth-order valence-electron chi connectivity index (χ4n) is 3.82. The van der Waals surface area contributed by atoms with Crippen LogP contribution in [0.4, 0.5) is 0 Å². The number of nitrogens with zero attached hydrogens (tertiary/aromatic N) is 4. The third-order valence-corrected chi connectivity index (χ3v) is 5.62. The lowest BCUT2D eigenvalue weighted by molar-refractivity contribution is 0.0689. The van der Waals surface area contributed by atoms with Crippen LogP contribution in [0.2, 0.25) is 0 Å². The number of hydrogen-bond acceptors (Lipinski definition) is 5. The number of rotatable bonds is 4. The summed E-state index contributed by atoms with van der Waals surface area (Å²) >= 11 is 0. The van der Waals surface area contributed by atoms with Crippen LogP contribution in [0, 0.1) is 5.92 Å². The molecule has 1 aromatic carbocycles. The molecule has 0 spiro atoms. The number of para-hydroxylation sites is 1. The van der Waals surface area contributed by atoms with Crippen LogP contribution in [0.1, 0.15) is 53.7 Å². The van der Waals surface area contributed by atoms with Crippen molar-refractivity contribution in [1.29, 1.82) is 0 Å². The molecule has 0 unspecified atom stereocenters. The predicted octanol–water partition coefficient (Wildman–Crippen LogP) is 3.59. The van der Waals surface area contributed by atoms with Crippen LogP contribution in [0.25, 0.3) is 10.9 Å². The van der Waals surface area contributed by atoms with Gasteiger partial charge in [0.05, 0.1) is 11.1 Å². The van der Waals surface area contributed by atoms with Crippen LogP contribution in [0.5, 0.6) is 0 Å². The van der Waals surface area contributed by atoms with Crippen molar-refractivity contribution in [2.75, 3.05) is 13.1 Å². The lowest BCUT2D eigenvalue weighted by atomic mass is 9.93. The van der Waals surface area contributed by atoms with Gasteiger partial charge in [-0.25, -0.2) is 0 Å². The predicted molar refractivity (Wildman–Crippen MR) is 100 cm³/mol. The van der Waals surface area contributed by atoms with Crippen molar-refractivity contribution >= 4 is 16.8 Å². The Morgan fingerprint density at radius 2 is 1.96 bits per heavy atom. The van der Waals surface area contributed by atoms with Crippen molar-refractivity contribution in [3.8, 4) is 0 Å². The molecular weight excluding hydrogens is 340 g/mol. The molecule has 0 atom stereocenters. The Morgan fingerprint density at radius 1 is 1.15 bits per heavy atom. The molecule has 3 heterocycles. The van der Waals surface area contributed by atoms with E-state index in [1.54, 1.807) is 6.20 Å². The number of hydrogen-bond donors (Lipinski definition) is 0. The van der Waals surface area contributed by atoms with E-state index in [9.17, 15) is 4.79 Å². The molecule has 27 heavy (non-hydrogen) atoms. The highest BCUT2D eigenvalue weighted by molar-refractivity contribution is 5.97. The number of fused-ring (bicyclic) bond motifs is 1. The zero-order valence-corrected chi connectivity index (χ0v) is 15.2. The van der Waals surface area contributed by atoms with Crippen molar-refractivity contribution < 1.29 is 9.32 Å². The molecule has 2 aliphatic rings. The summed E-state index contributed by atoms with van der Waals surface area (Å²) in [5.74, 6) is 2.71. The maximum absolute atomic E-state index is 12.8. The van der Waals surface area contributed by atoms with Gasteiger partial charge in [-0.15, -0.1) is 0 Å². The largest absolute Gasteiger partial charge is 0.339 e. The van der Waals surface area contributed by atoms with E-state index in [0.29, 0.717) is 17.4 Å². The maximum Gasteiger partial charge on any atom is 0.255 e. The minimum atomic E-state index is 0.0716. The molecule has 0 radical (unpaired) electrons. The quantitative estimate of drug-likeness (QED) is 0.709. The van der Waals surface area contributed by atoms with Crippen LogP contribution < -0.4 is 0 Å². The Balaban J connectivity index is 1.20. The smallest absolute Gasteiger partial charge is 0.255 e. The lowest BCUT2D eigenvalue weighted by Gasteiger charge is -2.31. The Morgan fingerprint density at radius 3 is 2.78 bits per heavy atom. The second-order valence-corrected chi connectivity index (χ2v) is 7.68. The van der Waals surface area contributed by atoms with Crippen molar-refractivity contribution in [3.05, 3.63) is 53.8 Å². The highest BCUT2D eigenvalue weighted by Gasteiger charge is 2.30. The SMILES string of the molecule is O=C(c1cnc2ccccc2c1)N1CCC(Cc2noc(C3CC3)n2)CC1. The van der Waals surface area contributed by atoms with E-state index in [1.807, 2.05) is 35.2 Å². The molecule has 6 nitrogen and oxygen atoms in total. The number of aromatic nitrogens is 3. The Labute approximate surface area is 157 Å². The van der Waals surface area contributed by atoms with Gasteiger partial charge in [0.15, 0.2) is 5.82 Å². The zero-order valence-electron chi connectivity index (χ0n) is 15.2. The zero-order chi connectivity index (χ0) is 18.2. The summed E-state index contributed by atoms with van der Waals surface area (Å²) in [5, 5.41) is 5.13. The van der Waals surface area contributed by atoms with Crippen LogP contribution in [0.3, 0.4) is 0 Å². The average molecular weight is 362 g/mol. The van der Waals surface area contributed by atoms with Gasteiger partial charge in [-0.3, -0.25) is 9.78 Å². The van der Waals surface area contributed by atoms with E-state index >= 15 is 0 Å². The van der Waals surface area contributed by atoms with Gasteiger partial charge in [0, 0.05) is 37.0 Å². The lowest BCUT2D eigenvalue weighted by Crippen LogP contribution is -2.39. The Hall–Kier alpha value is -2.76. The topological polar surface area (TPSA) is 72.1 Å². The van der Waals surface area contributed by atoms with Crippen LogP contribution in [-0.2, 0) is 6.42 Å². The number of pyridine rings is 1. The monoisotopic (exact) mass is 362 g/mol. The fourth-order valence-corrected chi connectivity index (χ4v) is 3.82. The minimum absolute atomic E-state index is 0.0716. The Bertz CT molecular complexity index is 971. The normalized spacial score (nSPS) is 18.1. The summed E-state index contributed by atoms with van der Waals surface area (Å²) in [7, 11) is 0. The number of carbonyl (C=O) groups is 1. The van der Waals surface area contributed by atoms with Crippen molar-refractivity contribution in [1.82, 2.24) is 20.0 Å².